The molecule has 102 valence electrons. The zero-order chi connectivity index (χ0) is 12.8. The summed E-state index contributed by atoms with van der Waals surface area (Å²) in [4.78, 5) is 11.4. The average Bonchev–Trinajstić information content (AvgIpc) is 2.98. The van der Waals surface area contributed by atoms with Gasteiger partial charge in [0.1, 0.15) is 5.82 Å². The Labute approximate surface area is 113 Å². The third kappa shape index (κ3) is 1.87. The molecule has 1 aromatic heterocycles. The Balaban J connectivity index is 1.69. The number of fused-ring (bicyclic) bond motifs is 2. The Bertz CT molecular complexity index is 489. The van der Waals surface area contributed by atoms with Crippen molar-refractivity contribution in [1.82, 2.24) is 15.3 Å². The SMILES string of the molecule is Nc1nc2c(c(N3CC4CCNC4C3)n1)CCCC2. The summed E-state index contributed by atoms with van der Waals surface area (Å²) in [6.07, 6.45) is 5.96. The van der Waals surface area contributed by atoms with Crippen molar-refractivity contribution in [3.05, 3.63) is 11.3 Å². The van der Waals surface area contributed by atoms with Crippen LogP contribution in [0.5, 0.6) is 0 Å². The van der Waals surface area contributed by atoms with E-state index >= 15 is 0 Å². The summed E-state index contributed by atoms with van der Waals surface area (Å²) in [6.45, 7) is 3.38. The molecule has 5 heteroatoms. The number of nitrogens with zero attached hydrogens (tertiary/aromatic N) is 3. The Hall–Kier alpha value is -1.36. The molecule has 5 nitrogen and oxygen atoms in total. The van der Waals surface area contributed by atoms with E-state index in [2.05, 4.69) is 20.2 Å². The zero-order valence-electron chi connectivity index (χ0n) is 11.2. The molecule has 3 heterocycles. The number of nitrogen functional groups attached to an aromatic ring is 1. The first-order valence-electron chi connectivity index (χ1n) is 7.45. The summed E-state index contributed by atoms with van der Waals surface area (Å²) in [5.41, 5.74) is 8.46. The Morgan fingerprint density at radius 3 is 2.95 bits per heavy atom. The molecule has 0 bridgehead atoms. The quantitative estimate of drug-likeness (QED) is 0.778. The highest BCUT2D eigenvalue weighted by molar-refractivity contribution is 5.54. The van der Waals surface area contributed by atoms with E-state index in [4.69, 9.17) is 5.73 Å². The summed E-state index contributed by atoms with van der Waals surface area (Å²) >= 11 is 0. The van der Waals surface area contributed by atoms with Crippen molar-refractivity contribution >= 4 is 11.8 Å². The van der Waals surface area contributed by atoms with Gasteiger partial charge in [0.2, 0.25) is 5.95 Å². The summed E-state index contributed by atoms with van der Waals surface area (Å²) in [7, 11) is 0. The van der Waals surface area contributed by atoms with E-state index in [1.807, 2.05) is 0 Å². The van der Waals surface area contributed by atoms with Crippen LogP contribution in [0.3, 0.4) is 0 Å². The third-order valence-corrected chi connectivity index (χ3v) is 4.84. The Morgan fingerprint density at radius 2 is 2.05 bits per heavy atom. The second-order valence-corrected chi connectivity index (χ2v) is 6.05. The maximum atomic E-state index is 5.90. The van der Waals surface area contributed by atoms with E-state index in [0.29, 0.717) is 12.0 Å². The molecule has 4 rings (SSSR count). The summed E-state index contributed by atoms with van der Waals surface area (Å²) in [5.74, 6) is 2.36. The fourth-order valence-electron chi connectivity index (χ4n) is 3.88. The van der Waals surface area contributed by atoms with E-state index in [1.165, 1.54) is 37.1 Å². The van der Waals surface area contributed by atoms with Gasteiger partial charge in [-0.15, -0.1) is 0 Å². The summed E-state index contributed by atoms with van der Waals surface area (Å²) in [6, 6.07) is 0.649. The number of hydrogen-bond donors (Lipinski definition) is 2. The smallest absolute Gasteiger partial charge is 0.222 e. The molecule has 2 fully saturated rings. The van der Waals surface area contributed by atoms with Crippen molar-refractivity contribution in [2.45, 2.75) is 38.1 Å². The van der Waals surface area contributed by atoms with Gasteiger partial charge < -0.3 is 16.0 Å². The molecular weight excluding hydrogens is 238 g/mol. The van der Waals surface area contributed by atoms with Gasteiger partial charge in [-0.05, 0) is 44.6 Å². The second-order valence-electron chi connectivity index (χ2n) is 6.05. The fourth-order valence-corrected chi connectivity index (χ4v) is 3.88. The van der Waals surface area contributed by atoms with Crippen LogP contribution in [0.1, 0.15) is 30.5 Å². The lowest BCUT2D eigenvalue weighted by atomic mass is 9.96. The average molecular weight is 259 g/mol. The van der Waals surface area contributed by atoms with Gasteiger partial charge in [0.15, 0.2) is 0 Å². The van der Waals surface area contributed by atoms with Crippen LogP contribution in [0.4, 0.5) is 11.8 Å². The van der Waals surface area contributed by atoms with E-state index < -0.39 is 0 Å². The van der Waals surface area contributed by atoms with Crippen LogP contribution < -0.4 is 16.0 Å². The molecule has 2 unspecified atom stereocenters. The van der Waals surface area contributed by atoms with Crippen LogP contribution in [-0.2, 0) is 12.8 Å². The van der Waals surface area contributed by atoms with Crippen molar-refractivity contribution in [2.75, 3.05) is 30.3 Å². The van der Waals surface area contributed by atoms with Gasteiger partial charge >= 0.3 is 0 Å². The summed E-state index contributed by atoms with van der Waals surface area (Å²) < 4.78 is 0. The number of nitrogens with one attached hydrogen (secondary N) is 1. The van der Waals surface area contributed by atoms with Gasteiger partial charge in [-0.1, -0.05) is 0 Å². The van der Waals surface area contributed by atoms with Gasteiger partial charge in [0.05, 0.1) is 5.69 Å². The molecule has 0 saturated carbocycles. The van der Waals surface area contributed by atoms with Crippen LogP contribution >= 0.6 is 0 Å². The van der Waals surface area contributed by atoms with Crippen molar-refractivity contribution in [3.63, 3.8) is 0 Å². The predicted molar refractivity (Wildman–Crippen MR) is 75.2 cm³/mol. The molecule has 3 aliphatic rings. The molecule has 0 spiro atoms. The minimum Gasteiger partial charge on any atom is -0.368 e. The predicted octanol–water partition coefficient (Wildman–Crippen LogP) is 0.736. The third-order valence-electron chi connectivity index (χ3n) is 4.84. The first kappa shape index (κ1) is 11.5. The number of anilines is 2. The Morgan fingerprint density at radius 1 is 1.16 bits per heavy atom. The molecular formula is C14H21N5. The van der Waals surface area contributed by atoms with Gasteiger partial charge in [-0.2, -0.15) is 4.98 Å². The molecule has 3 N–H and O–H groups in total. The lowest BCUT2D eigenvalue weighted by Gasteiger charge is -2.25. The van der Waals surface area contributed by atoms with Crippen molar-refractivity contribution in [3.8, 4) is 0 Å². The molecule has 1 aliphatic carbocycles. The van der Waals surface area contributed by atoms with Crippen LogP contribution in [0.15, 0.2) is 0 Å². The van der Waals surface area contributed by atoms with Crippen molar-refractivity contribution < 1.29 is 0 Å². The number of aromatic nitrogens is 2. The molecule has 0 aromatic carbocycles. The minimum absolute atomic E-state index is 0.445. The first-order valence-corrected chi connectivity index (χ1v) is 7.45. The van der Waals surface area contributed by atoms with Crippen LogP contribution in [-0.4, -0.2) is 35.6 Å². The normalized spacial score (nSPS) is 29.4. The fraction of sp³-hybridized carbons (Fsp3) is 0.714. The minimum atomic E-state index is 0.445. The topological polar surface area (TPSA) is 67.1 Å². The van der Waals surface area contributed by atoms with Gasteiger partial charge in [-0.3, -0.25) is 0 Å². The zero-order valence-corrected chi connectivity index (χ0v) is 11.2. The summed E-state index contributed by atoms with van der Waals surface area (Å²) in [5, 5.41) is 3.60. The van der Waals surface area contributed by atoms with Crippen molar-refractivity contribution in [2.24, 2.45) is 5.92 Å². The maximum Gasteiger partial charge on any atom is 0.222 e. The molecule has 19 heavy (non-hydrogen) atoms. The number of rotatable bonds is 1. The van der Waals surface area contributed by atoms with E-state index in [-0.39, 0.29) is 0 Å². The monoisotopic (exact) mass is 259 g/mol. The molecule has 1 aromatic rings. The van der Waals surface area contributed by atoms with Crippen molar-refractivity contribution in [1.29, 1.82) is 0 Å². The molecule has 2 aliphatic heterocycles. The molecule has 2 saturated heterocycles. The number of nitrogens with two attached hydrogens (primary N) is 1. The molecule has 0 radical (unpaired) electrons. The largest absolute Gasteiger partial charge is 0.368 e. The van der Waals surface area contributed by atoms with Gasteiger partial charge in [-0.25, -0.2) is 4.98 Å². The maximum absolute atomic E-state index is 5.90. The highest BCUT2D eigenvalue weighted by Gasteiger charge is 2.37. The van der Waals surface area contributed by atoms with E-state index in [1.54, 1.807) is 0 Å². The standard InChI is InChI=1S/C14H21N5/c15-14-17-11-4-2-1-3-10(11)13(18-14)19-7-9-5-6-16-12(9)8-19/h9,12,16H,1-8H2,(H2,15,17,18). The lowest BCUT2D eigenvalue weighted by molar-refractivity contribution is 0.556. The van der Waals surface area contributed by atoms with Crippen LogP contribution in [0, 0.1) is 5.92 Å². The van der Waals surface area contributed by atoms with E-state index in [9.17, 15) is 0 Å². The first-order chi connectivity index (χ1) is 9.31. The second kappa shape index (κ2) is 4.34. The number of hydrogen-bond acceptors (Lipinski definition) is 5. The van der Waals surface area contributed by atoms with Crippen LogP contribution in [0.25, 0.3) is 0 Å². The lowest BCUT2D eigenvalue weighted by Crippen LogP contribution is -2.31. The van der Waals surface area contributed by atoms with Gasteiger partial charge in [0, 0.05) is 24.7 Å². The Kier molecular flexibility index (Phi) is 2.62. The molecule has 0 amide bonds. The van der Waals surface area contributed by atoms with Gasteiger partial charge in [0.25, 0.3) is 0 Å². The van der Waals surface area contributed by atoms with Crippen LogP contribution in [0.2, 0.25) is 0 Å². The highest BCUT2D eigenvalue weighted by Crippen LogP contribution is 2.33. The molecule has 2 atom stereocenters. The van der Waals surface area contributed by atoms with E-state index in [0.717, 1.165) is 37.7 Å². The highest BCUT2D eigenvalue weighted by atomic mass is 15.3. The number of aryl methyl sites for hydroxylation is 1.